The lowest BCUT2D eigenvalue weighted by Gasteiger charge is -2.34. The van der Waals surface area contributed by atoms with Crippen LogP contribution in [0.5, 0.6) is 0 Å². The highest BCUT2D eigenvalue weighted by molar-refractivity contribution is 4.83. The second kappa shape index (κ2) is 5.46. The van der Waals surface area contributed by atoms with E-state index in [-0.39, 0.29) is 6.54 Å². The van der Waals surface area contributed by atoms with Crippen molar-refractivity contribution in [1.82, 2.24) is 9.80 Å². The van der Waals surface area contributed by atoms with Gasteiger partial charge in [0.05, 0.1) is 19.2 Å². The normalized spacial score (nSPS) is 20.0. The lowest BCUT2D eigenvalue weighted by Crippen LogP contribution is -2.51. The highest BCUT2D eigenvalue weighted by Gasteiger charge is 2.42. The lowest BCUT2D eigenvalue weighted by molar-refractivity contribution is -0.144. The molecule has 0 aromatic heterocycles. The van der Waals surface area contributed by atoms with Gasteiger partial charge >= 0.3 is 12.3 Å². The molecule has 0 saturated carbocycles. The first kappa shape index (κ1) is 13.2. The van der Waals surface area contributed by atoms with Gasteiger partial charge in [0, 0.05) is 26.2 Å². The van der Waals surface area contributed by atoms with Crippen molar-refractivity contribution in [2.45, 2.75) is 12.3 Å². The zero-order valence-corrected chi connectivity index (χ0v) is 8.67. The summed E-state index contributed by atoms with van der Waals surface area (Å²) in [7, 11) is 0. The summed E-state index contributed by atoms with van der Waals surface area (Å²) in [6.45, 7) is 0.859. The van der Waals surface area contributed by atoms with Crippen LogP contribution in [0.3, 0.4) is 0 Å². The number of nitrogens with zero attached hydrogens (tertiary/aromatic N) is 3. The van der Waals surface area contributed by atoms with Crippen molar-refractivity contribution in [3.05, 3.63) is 0 Å². The largest absolute Gasteiger partial charge is 0.319 e. The van der Waals surface area contributed by atoms with Crippen molar-refractivity contribution < 1.29 is 17.6 Å². The molecule has 3 nitrogen and oxygen atoms in total. The third kappa shape index (κ3) is 3.61. The summed E-state index contributed by atoms with van der Waals surface area (Å²) in [5.41, 5.74) is 0. The maximum atomic E-state index is 12.7. The Bertz CT molecular complexity index is 256. The number of rotatable bonds is 4. The zero-order valence-electron chi connectivity index (χ0n) is 8.67. The van der Waals surface area contributed by atoms with Gasteiger partial charge in [-0.3, -0.25) is 9.80 Å². The van der Waals surface area contributed by atoms with E-state index in [1.54, 1.807) is 4.90 Å². The van der Waals surface area contributed by atoms with Crippen molar-refractivity contribution in [2.75, 3.05) is 39.3 Å². The van der Waals surface area contributed by atoms with Gasteiger partial charge in [0.25, 0.3) is 0 Å². The number of hydrogen-bond acceptors (Lipinski definition) is 3. The van der Waals surface area contributed by atoms with Crippen LogP contribution in [0.25, 0.3) is 0 Å². The first-order valence-corrected chi connectivity index (χ1v) is 4.93. The number of hydrogen-bond donors (Lipinski definition) is 0. The molecule has 1 aliphatic rings. The molecule has 92 valence electrons. The van der Waals surface area contributed by atoms with Crippen molar-refractivity contribution in [1.29, 1.82) is 5.26 Å². The van der Waals surface area contributed by atoms with Crippen molar-refractivity contribution in [3.63, 3.8) is 0 Å². The van der Waals surface area contributed by atoms with Crippen molar-refractivity contribution in [3.8, 4) is 6.07 Å². The van der Waals surface area contributed by atoms with Crippen LogP contribution in [0.2, 0.25) is 0 Å². The van der Waals surface area contributed by atoms with Crippen LogP contribution in [0.15, 0.2) is 0 Å². The molecule has 0 aromatic carbocycles. The van der Waals surface area contributed by atoms with Gasteiger partial charge in [-0.05, 0) is 0 Å². The summed E-state index contributed by atoms with van der Waals surface area (Å²) >= 11 is 0. The first-order valence-electron chi connectivity index (χ1n) is 4.93. The maximum Gasteiger partial charge on any atom is 0.319 e. The summed E-state index contributed by atoms with van der Waals surface area (Å²) in [5, 5.41) is 8.42. The van der Waals surface area contributed by atoms with Gasteiger partial charge in [-0.2, -0.15) is 14.0 Å². The summed E-state index contributed by atoms with van der Waals surface area (Å²) in [6.07, 6.45) is -3.62. The number of halogens is 4. The molecular weight excluding hydrogens is 226 g/mol. The number of nitriles is 1. The third-order valence-corrected chi connectivity index (χ3v) is 2.51. The van der Waals surface area contributed by atoms with Crippen molar-refractivity contribution >= 4 is 0 Å². The number of piperazine rings is 1. The van der Waals surface area contributed by atoms with Crippen molar-refractivity contribution in [2.24, 2.45) is 0 Å². The van der Waals surface area contributed by atoms with E-state index in [9.17, 15) is 17.6 Å². The second-order valence-corrected chi connectivity index (χ2v) is 3.77. The fourth-order valence-electron chi connectivity index (χ4n) is 1.57. The quantitative estimate of drug-likeness (QED) is 0.542. The van der Waals surface area contributed by atoms with E-state index >= 15 is 0 Å². The van der Waals surface area contributed by atoms with Crippen LogP contribution in [0.1, 0.15) is 0 Å². The average molecular weight is 239 g/mol. The van der Waals surface area contributed by atoms with E-state index in [1.165, 1.54) is 4.90 Å². The Morgan fingerprint density at radius 3 is 2.06 bits per heavy atom. The molecule has 1 aliphatic heterocycles. The molecule has 1 heterocycles. The standard InChI is InChI=1S/C9H13F4N3/c10-8(11)9(12,13)7-16-5-3-15(2-1-14)4-6-16/h8H,2-7H2. The molecule has 1 rings (SSSR count). The lowest BCUT2D eigenvalue weighted by atomic mass is 10.2. The highest BCUT2D eigenvalue weighted by Crippen LogP contribution is 2.24. The minimum Gasteiger partial charge on any atom is -0.295 e. The molecule has 1 saturated heterocycles. The Morgan fingerprint density at radius 1 is 1.12 bits per heavy atom. The van der Waals surface area contributed by atoms with Crippen LogP contribution in [0.4, 0.5) is 17.6 Å². The van der Waals surface area contributed by atoms with Crippen LogP contribution < -0.4 is 0 Å². The van der Waals surface area contributed by atoms with Gasteiger partial charge in [0.2, 0.25) is 0 Å². The molecule has 0 radical (unpaired) electrons. The summed E-state index contributed by atoms with van der Waals surface area (Å²) < 4.78 is 49.3. The first-order chi connectivity index (χ1) is 7.45. The Labute approximate surface area is 91.2 Å². The molecule has 0 atom stereocenters. The van der Waals surface area contributed by atoms with Crippen LogP contribution >= 0.6 is 0 Å². The molecule has 0 aromatic rings. The van der Waals surface area contributed by atoms with E-state index in [4.69, 9.17) is 5.26 Å². The molecule has 0 amide bonds. The van der Waals surface area contributed by atoms with E-state index in [2.05, 4.69) is 0 Å². The molecule has 16 heavy (non-hydrogen) atoms. The fourth-order valence-corrected chi connectivity index (χ4v) is 1.57. The molecule has 7 heteroatoms. The highest BCUT2D eigenvalue weighted by atomic mass is 19.3. The minimum absolute atomic E-state index is 0.249. The Morgan fingerprint density at radius 2 is 1.62 bits per heavy atom. The van der Waals surface area contributed by atoms with E-state index < -0.39 is 18.9 Å². The predicted octanol–water partition coefficient (Wildman–Crippen LogP) is 1.03. The molecule has 1 fully saturated rings. The van der Waals surface area contributed by atoms with E-state index in [1.807, 2.05) is 6.07 Å². The van der Waals surface area contributed by atoms with Gasteiger partial charge in [-0.25, -0.2) is 8.78 Å². The zero-order chi connectivity index (χ0) is 12.2. The summed E-state index contributed by atoms with van der Waals surface area (Å²) in [6, 6.07) is 1.96. The molecule has 0 bridgehead atoms. The summed E-state index contributed by atoms with van der Waals surface area (Å²) in [4.78, 5) is 3.11. The topological polar surface area (TPSA) is 30.3 Å². The smallest absolute Gasteiger partial charge is 0.295 e. The Balaban J connectivity index is 2.35. The molecule has 0 spiro atoms. The van der Waals surface area contributed by atoms with E-state index in [0.717, 1.165) is 0 Å². The van der Waals surface area contributed by atoms with E-state index in [0.29, 0.717) is 26.2 Å². The monoisotopic (exact) mass is 239 g/mol. The van der Waals surface area contributed by atoms with Crippen LogP contribution in [-0.4, -0.2) is 61.4 Å². The predicted molar refractivity (Wildman–Crippen MR) is 49.4 cm³/mol. The average Bonchev–Trinajstić information content (AvgIpc) is 2.21. The van der Waals surface area contributed by atoms with Crippen LogP contribution in [-0.2, 0) is 0 Å². The van der Waals surface area contributed by atoms with Gasteiger partial charge in [0.1, 0.15) is 0 Å². The minimum atomic E-state index is -3.95. The van der Waals surface area contributed by atoms with Gasteiger partial charge in [-0.15, -0.1) is 0 Å². The van der Waals surface area contributed by atoms with Gasteiger partial charge < -0.3 is 0 Å². The fraction of sp³-hybridized carbons (Fsp3) is 0.889. The molecule has 0 N–H and O–H groups in total. The SMILES string of the molecule is N#CCN1CCN(CC(F)(F)C(F)F)CC1. The molecule has 0 unspecified atom stereocenters. The van der Waals surface area contributed by atoms with Gasteiger partial charge in [-0.1, -0.05) is 0 Å². The Hall–Kier alpha value is -0.870. The molecule has 0 aliphatic carbocycles. The van der Waals surface area contributed by atoms with Gasteiger partial charge in [0.15, 0.2) is 0 Å². The van der Waals surface area contributed by atoms with Crippen LogP contribution in [0, 0.1) is 11.3 Å². The third-order valence-electron chi connectivity index (χ3n) is 2.51. The Kier molecular flexibility index (Phi) is 4.50. The number of alkyl halides is 4. The second-order valence-electron chi connectivity index (χ2n) is 3.77. The summed E-state index contributed by atoms with van der Waals surface area (Å²) in [5.74, 6) is -3.95. The molecular formula is C9H13F4N3. The maximum absolute atomic E-state index is 12.7.